The Bertz CT molecular complexity index is 1470. The fourth-order valence-electron chi connectivity index (χ4n) is 4.51. The second kappa shape index (κ2) is 10.7. The average molecular weight is 513 g/mol. The number of ether oxygens (including phenoxy) is 3. The normalized spacial score (nSPS) is 12.4. The molecule has 8 heteroatoms. The van der Waals surface area contributed by atoms with Crippen molar-refractivity contribution in [2.24, 2.45) is 0 Å². The van der Waals surface area contributed by atoms with Crippen molar-refractivity contribution in [2.45, 2.75) is 13.0 Å². The Morgan fingerprint density at radius 2 is 1.58 bits per heavy atom. The number of hydrogen-bond acceptors (Lipinski definition) is 6. The predicted molar refractivity (Wildman–Crippen MR) is 143 cm³/mol. The maximum Gasteiger partial charge on any atom is 0.289 e. The Labute approximate surface area is 220 Å². The molecular formula is C30H28N2O6. The maximum absolute atomic E-state index is 13.2. The number of rotatable bonds is 7. The third kappa shape index (κ3) is 5.06. The maximum atomic E-state index is 13.2. The first-order valence-corrected chi connectivity index (χ1v) is 12.2. The van der Waals surface area contributed by atoms with Crippen molar-refractivity contribution >= 4 is 17.5 Å². The van der Waals surface area contributed by atoms with Crippen LogP contribution in [0.5, 0.6) is 17.2 Å². The van der Waals surface area contributed by atoms with Gasteiger partial charge in [-0.3, -0.25) is 9.59 Å². The summed E-state index contributed by atoms with van der Waals surface area (Å²) in [6, 6.07) is 21.6. The lowest BCUT2D eigenvalue weighted by Gasteiger charge is -2.29. The molecule has 1 N–H and O–H groups in total. The van der Waals surface area contributed by atoms with E-state index in [9.17, 15) is 9.59 Å². The van der Waals surface area contributed by atoms with Crippen LogP contribution in [0, 0.1) is 0 Å². The molecule has 0 unspecified atom stereocenters. The number of furan rings is 1. The Hall–Kier alpha value is -4.72. The molecule has 8 nitrogen and oxygen atoms in total. The second-order valence-electron chi connectivity index (χ2n) is 8.88. The Morgan fingerprint density at radius 3 is 2.29 bits per heavy atom. The van der Waals surface area contributed by atoms with Crippen LogP contribution in [0.4, 0.5) is 5.69 Å². The number of carbonyl (C=O) groups excluding carboxylic acids is 2. The predicted octanol–water partition coefficient (Wildman–Crippen LogP) is 5.42. The summed E-state index contributed by atoms with van der Waals surface area (Å²) >= 11 is 0. The van der Waals surface area contributed by atoms with Crippen molar-refractivity contribution in [3.8, 4) is 28.6 Å². The topological polar surface area (TPSA) is 90.2 Å². The van der Waals surface area contributed by atoms with E-state index in [1.807, 2.05) is 24.3 Å². The van der Waals surface area contributed by atoms with Gasteiger partial charge in [-0.15, -0.1) is 0 Å². The third-order valence-corrected chi connectivity index (χ3v) is 6.58. The molecule has 1 aliphatic heterocycles. The van der Waals surface area contributed by atoms with E-state index < -0.39 is 0 Å². The number of hydrogen-bond donors (Lipinski definition) is 1. The Balaban J connectivity index is 1.25. The van der Waals surface area contributed by atoms with Crippen molar-refractivity contribution in [3.05, 3.63) is 95.2 Å². The van der Waals surface area contributed by atoms with E-state index in [0.717, 1.165) is 23.1 Å². The third-order valence-electron chi connectivity index (χ3n) is 6.58. The van der Waals surface area contributed by atoms with Gasteiger partial charge in [0.2, 0.25) is 0 Å². The van der Waals surface area contributed by atoms with Crippen molar-refractivity contribution in [1.82, 2.24) is 4.90 Å². The number of nitrogens with one attached hydrogen (secondary N) is 1. The van der Waals surface area contributed by atoms with Crippen LogP contribution in [0.2, 0.25) is 0 Å². The summed E-state index contributed by atoms with van der Waals surface area (Å²) in [6.07, 6.45) is 0.720. The molecule has 38 heavy (non-hydrogen) atoms. The summed E-state index contributed by atoms with van der Waals surface area (Å²) in [7, 11) is 4.77. The van der Waals surface area contributed by atoms with E-state index in [4.69, 9.17) is 18.6 Å². The van der Waals surface area contributed by atoms with Crippen LogP contribution >= 0.6 is 0 Å². The van der Waals surface area contributed by atoms with E-state index in [2.05, 4.69) is 5.32 Å². The number of methoxy groups -OCH3 is 3. The second-order valence-corrected chi connectivity index (χ2v) is 8.88. The standard InChI is InChI=1S/C30H28N2O6/c1-35-24-6-4-5-21(15-24)29(33)31-23-9-7-19(8-10-23)25-11-12-26(38-25)30(34)32-14-13-20-16-27(36-2)28(37-3)17-22(20)18-32/h4-12,15-17H,13-14,18H2,1-3H3,(H,31,33). The van der Waals surface area contributed by atoms with E-state index in [0.29, 0.717) is 47.3 Å². The number of nitrogens with zero attached hydrogens (tertiary/aromatic N) is 1. The van der Waals surface area contributed by atoms with Crippen LogP contribution in [-0.2, 0) is 13.0 Å². The number of fused-ring (bicyclic) bond motifs is 1. The van der Waals surface area contributed by atoms with E-state index in [1.54, 1.807) is 74.8 Å². The molecule has 0 aliphatic carbocycles. The fourth-order valence-corrected chi connectivity index (χ4v) is 4.51. The lowest BCUT2D eigenvalue weighted by Crippen LogP contribution is -2.35. The van der Waals surface area contributed by atoms with E-state index in [1.165, 1.54) is 0 Å². The summed E-state index contributed by atoms with van der Waals surface area (Å²) in [6.45, 7) is 1.05. The summed E-state index contributed by atoms with van der Waals surface area (Å²) in [5.41, 5.74) is 4.11. The summed E-state index contributed by atoms with van der Waals surface area (Å²) < 4.78 is 21.9. The lowest BCUT2D eigenvalue weighted by molar-refractivity contribution is 0.0703. The minimum Gasteiger partial charge on any atom is -0.497 e. The zero-order chi connectivity index (χ0) is 26.6. The number of carbonyl (C=O) groups is 2. The van der Waals surface area contributed by atoms with E-state index in [-0.39, 0.29) is 17.6 Å². The molecule has 1 aliphatic rings. The zero-order valence-corrected chi connectivity index (χ0v) is 21.4. The highest BCUT2D eigenvalue weighted by atomic mass is 16.5. The van der Waals surface area contributed by atoms with Gasteiger partial charge >= 0.3 is 0 Å². The van der Waals surface area contributed by atoms with Gasteiger partial charge < -0.3 is 28.8 Å². The highest BCUT2D eigenvalue weighted by molar-refractivity contribution is 6.04. The molecule has 5 rings (SSSR count). The highest BCUT2D eigenvalue weighted by Crippen LogP contribution is 2.34. The minimum atomic E-state index is -0.235. The van der Waals surface area contributed by atoms with Crippen LogP contribution in [0.25, 0.3) is 11.3 Å². The smallest absolute Gasteiger partial charge is 0.289 e. The van der Waals surface area contributed by atoms with Crippen LogP contribution in [0.1, 0.15) is 32.0 Å². The SMILES string of the molecule is COc1cccc(C(=O)Nc2ccc(-c3ccc(C(=O)N4CCc5cc(OC)c(OC)cc5C4)o3)cc2)c1. The molecule has 1 aromatic heterocycles. The molecule has 0 spiro atoms. The quantitative estimate of drug-likeness (QED) is 0.356. The molecule has 0 fully saturated rings. The van der Waals surface area contributed by atoms with Gasteiger partial charge in [0.25, 0.3) is 11.8 Å². The first-order valence-electron chi connectivity index (χ1n) is 12.2. The van der Waals surface area contributed by atoms with Gasteiger partial charge in [0.15, 0.2) is 17.3 Å². The number of anilines is 1. The van der Waals surface area contributed by atoms with Crippen molar-refractivity contribution in [3.63, 3.8) is 0 Å². The fraction of sp³-hybridized carbons (Fsp3) is 0.200. The molecule has 0 saturated heterocycles. The van der Waals surface area contributed by atoms with Gasteiger partial charge in [-0.2, -0.15) is 0 Å². The average Bonchev–Trinajstić information content (AvgIpc) is 3.46. The van der Waals surface area contributed by atoms with Crippen molar-refractivity contribution in [2.75, 3.05) is 33.2 Å². The van der Waals surface area contributed by atoms with Crippen molar-refractivity contribution in [1.29, 1.82) is 0 Å². The number of benzene rings is 3. The molecule has 0 atom stereocenters. The monoisotopic (exact) mass is 512 g/mol. The Kier molecular flexibility index (Phi) is 7.04. The summed E-state index contributed by atoms with van der Waals surface area (Å²) in [5, 5.41) is 2.88. The first-order chi connectivity index (χ1) is 18.5. The summed E-state index contributed by atoms with van der Waals surface area (Å²) in [4.78, 5) is 27.5. The summed E-state index contributed by atoms with van der Waals surface area (Å²) in [5.74, 6) is 2.39. The van der Waals surface area contributed by atoms with Crippen LogP contribution in [0.15, 0.2) is 77.2 Å². The van der Waals surface area contributed by atoms with Gasteiger partial charge in [0.05, 0.1) is 21.3 Å². The molecule has 0 saturated carbocycles. The molecule has 0 radical (unpaired) electrons. The highest BCUT2D eigenvalue weighted by Gasteiger charge is 2.25. The molecule has 4 aromatic rings. The molecule has 194 valence electrons. The Morgan fingerprint density at radius 1 is 0.842 bits per heavy atom. The minimum absolute atomic E-state index is 0.168. The van der Waals surface area contributed by atoms with Crippen LogP contribution in [0.3, 0.4) is 0 Å². The van der Waals surface area contributed by atoms with Crippen molar-refractivity contribution < 1.29 is 28.2 Å². The molecule has 0 bridgehead atoms. The van der Waals surface area contributed by atoms with Crippen LogP contribution < -0.4 is 19.5 Å². The zero-order valence-electron chi connectivity index (χ0n) is 21.4. The van der Waals surface area contributed by atoms with Gasteiger partial charge in [-0.25, -0.2) is 0 Å². The molecule has 2 amide bonds. The van der Waals surface area contributed by atoms with Crippen LogP contribution in [-0.4, -0.2) is 44.6 Å². The van der Waals surface area contributed by atoms with Gasteiger partial charge in [0.1, 0.15) is 11.5 Å². The first kappa shape index (κ1) is 25.0. The largest absolute Gasteiger partial charge is 0.497 e. The van der Waals surface area contributed by atoms with E-state index >= 15 is 0 Å². The molecule has 2 heterocycles. The molecular weight excluding hydrogens is 484 g/mol. The number of amides is 2. The molecule has 3 aromatic carbocycles. The lowest BCUT2D eigenvalue weighted by atomic mass is 9.98. The van der Waals surface area contributed by atoms with Gasteiger partial charge in [-0.1, -0.05) is 6.07 Å². The van der Waals surface area contributed by atoms with Gasteiger partial charge in [-0.05, 0) is 84.3 Å². The van der Waals surface area contributed by atoms with Gasteiger partial charge in [0, 0.05) is 29.9 Å².